The molecule has 1 aromatic carbocycles. The topological polar surface area (TPSA) is 55.6 Å². The van der Waals surface area contributed by atoms with E-state index in [2.05, 4.69) is 0 Å². The van der Waals surface area contributed by atoms with Crippen molar-refractivity contribution in [1.29, 1.82) is 0 Å². The van der Waals surface area contributed by atoms with E-state index in [1.165, 1.54) is 0 Å². The maximum Gasteiger partial charge on any atom is 0.224 e. The summed E-state index contributed by atoms with van der Waals surface area (Å²) >= 11 is 0. The minimum absolute atomic E-state index is 0.0156. The molecule has 1 heterocycles. The average Bonchev–Trinajstić information content (AvgIpc) is 2.58. The SMILES string of the molecule is COc1cccc(CN2CC(N)CC2=O)c1. The fraction of sp³-hybridized carbons (Fsp3) is 0.417. The zero-order valence-corrected chi connectivity index (χ0v) is 9.35. The molecule has 1 atom stereocenters. The first-order valence-corrected chi connectivity index (χ1v) is 5.35. The van der Waals surface area contributed by atoms with E-state index in [1.54, 1.807) is 12.0 Å². The van der Waals surface area contributed by atoms with Gasteiger partial charge in [0, 0.05) is 25.6 Å². The molecule has 86 valence electrons. The highest BCUT2D eigenvalue weighted by molar-refractivity contribution is 5.79. The molecule has 4 nitrogen and oxygen atoms in total. The lowest BCUT2D eigenvalue weighted by Gasteiger charge is -2.16. The molecule has 2 rings (SSSR count). The molecule has 0 aromatic heterocycles. The van der Waals surface area contributed by atoms with Crippen LogP contribution in [-0.2, 0) is 11.3 Å². The van der Waals surface area contributed by atoms with E-state index in [9.17, 15) is 4.79 Å². The minimum atomic E-state index is -0.0156. The van der Waals surface area contributed by atoms with Gasteiger partial charge in [-0.2, -0.15) is 0 Å². The first-order chi connectivity index (χ1) is 7.69. The number of hydrogen-bond donors (Lipinski definition) is 1. The van der Waals surface area contributed by atoms with Gasteiger partial charge in [-0.15, -0.1) is 0 Å². The number of carbonyl (C=O) groups is 1. The van der Waals surface area contributed by atoms with Gasteiger partial charge in [-0.05, 0) is 17.7 Å². The number of methoxy groups -OCH3 is 1. The highest BCUT2D eigenvalue weighted by Gasteiger charge is 2.26. The molecule has 0 radical (unpaired) electrons. The summed E-state index contributed by atoms with van der Waals surface area (Å²) in [6.07, 6.45) is 0.462. The fourth-order valence-corrected chi connectivity index (χ4v) is 1.95. The van der Waals surface area contributed by atoms with Crippen LogP contribution in [0.1, 0.15) is 12.0 Å². The van der Waals surface area contributed by atoms with E-state index in [-0.39, 0.29) is 11.9 Å². The van der Waals surface area contributed by atoms with Crippen molar-refractivity contribution in [3.63, 3.8) is 0 Å². The van der Waals surface area contributed by atoms with Crippen LogP contribution < -0.4 is 10.5 Å². The number of nitrogens with zero attached hydrogens (tertiary/aromatic N) is 1. The molecule has 4 heteroatoms. The Bertz CT molecular complexity index is 392. The van der Waals surface area contributed by atoms with Gasteiger partial charge in [0.1, 0.15) is 5.75 Å². The first-order valence-electron chi connectivity index (χ1n) is 5.35. The average molecular weight is 220 g/mol. The summed E-state index contributed by atoms with van der Waals surface area (Å²) in [5.74, 6) is 0.948. The third kappa shape index (κ3) is 2.33. The van der Waals surface area contributed by atoms with Crippen LogP contribution in [0.25, 0.3) is 0 Å². The predicted octanol–water partition coefficient (Wildman–Crippen LogP) is 0.755. The number of nitrogens with two attached hydrogens (primary N) is 1. The van der Waals surface area contributed by atoms with E-state index in [0.717, 1.165) is 11.3 Å². The number of hydrogen-bond acceptors (Lipinski definition) is 3. The van der Waals surface area contributed by atoms with E-state index in [0.29, 0.717) is 19.5 Å². The number of carbonyl (C=O) groups excluding carboxylic acids is 1. The van der Waals surface area contributed by atoms with E-state index in [1.807, 2.05) is 24.3 Å². The number of amides is 1. The molecule has 0 spiro atoms. The smallest absolute Gasteiger partial charge is 0.224 e. The van der Waals surface area contributed by atoms with Crippen LogP contribution in [0.3, 0.4) is 0 Å². The molecular weight excluding hydrogens is 204 g/mol. The van der Waals surface area contributed by atoms with E-state index < -0.39 is 0 Å². The van der Waals surface area contributed by atoms with Gasteiger partial charge >= 0.3 is 0 Å². The highest BCUT2D eigenvalue weighted by atomic mass is 16.5. The van der Waals surface area contributed by atoms with Crippen LogP contribution in [-0.4, -0.2) is 30.5 Å². The molecule has 1 aliphatic rings. The predicted molar refractivity (Wildman–Crippen MR) is 61.0 cm³/mol. The zero-order chi connectivity index (χ0) is 11.5. The van der Waals surface area contributed by atoms with Gasteiger partial charge in [0.05, 0.1) is 7.11 Å². The summed E-state index contributed by atoms with van der Waals surface area (Å²) in [6.45, 7) is 1.26. The maximum atomic E-state index is 11.6. The van der Waals surface area contributed by atoms with Crippen molar-refractivity contribution in [2.45, 2.75) is 19.0 Å². The molecule has 1 aromatic rings. The fourth-order valence-electron chi connectivity index (χ4n) is 1.95. The van der Waals surface area contributed by atoms with Crippen molar-refractivity contribution in [3.8, 4) is 5.75 Å². The highest BCUT2D eigenvalue weighted by Crippen LogP contribution is 2.17. The van der Waals surface area contributed by atoms with Gasteiger partial charge in [0.15, 0.2) is 0 Å². The Morgan fingerprint density at radius 3 is 3.00 bits per heavy atom. The Hall–Kier alpha value is -1.55. The second kappa shape index (κ2) is 4.53. The standard InChI is InChI=1S/C12H16N2O2/c1-16-11-4-2-3-9(5-11)7-14-8-10(13)6-12(14)15/h2-5,10H,6-8,13H2,1H3. The van der Waals surface area contributed by atoms with Crippen molar-refractivity contribution < 1.29 is 9.53 Å². The molecular formula is C12H16N2O2. The van der Waals surface area contributed by atoms with Gasteiger partial charge in [-0.3, -0.25) is 4.79 Å². The molecule has 0 bridgehead atoms. The quantitative estimate of drug-likeness (QED) is 0.818. The van der Waals surface area contributed by atoms with Crippen molar-refractivity contribution in [2.24, 2.45) is 5.73 Å². The van der Waals surface area contributed by atoms with E-state index in [4.69, 9.17) is 10.5 Å². The third-order valence-corrected chi connectivity index (χ3v) is 2.75. The molecule has 1 aliphatic heterocycles. The number of benzene rings is 1. The molecule has 1 fully saturated rings. The van der Waals surface area contributed by atoms with E-state index >= 15 is 0 Å². The molecule has 0 aliphatic carbocycles. The maximum absolute atomic E-state index is 11.6. The lowest BCUT2D eigenvalue weighted by atomic mass is 10.2. The first kappa shape index (κ1) is 11.0. The van der Waals surface area contributed by atoms with Crippen molar-refractivity contribution in [1.82, 2.24) is 4.90 Å². The van der Waals surface area contributed by atoms with Crippen LogP contribution >= 0.6 is 0 Å². The summed E-state index contributed by atoms with van der Waals surface area (Å²) in [4.78, 5) is 13.3. The summed E-state index contributed by atoms with van der Waals surface area (Å²) in [7, 11) is 1.63. The normalized spacial score (nSPS) is 20.2. The monoisotopic (exact) mass is 220 g/mol. The molecule has 2 N–H and O–H groups in total. The van der Waals surface area contributed by atoms with Crippen LogP contribution in [0.4, 0.5) is 0 Å². The Morgan fingerprint density at radius 2 is 2.38 bits per heavy atom. The molecule has 1 unspecified atom stereocenters. The summed E-state index contributed by atoms with van der Waals surface area (Å²) in [5.41, 5.74) is 6.81. The second-order valence-corrected chi connectivity index (χ2v) is 4.09. The Labute approximate surface area is 95.0 Å². The Morgan fingerprint density at radius 1 is 1.56 bits per heavy atom. The lowest BCUT2D eigenvalue weighted by Crippen LogP contribution is -2.27. The lowest BCUT2D eigenvalue weighted by molar-refractivity contribution is -0.128. The van der Waals surface area contributed by atoms with Crippen LogP contribution in [0.5, 0.6) is 5.75 Å². The zero-order valence-electron chi connectivity index (χ0n) is 9.35. The molecule has 16 heavy (non-hydrogen) atoms. The third-order valence-electron chi connectivity index (χ3n) is 2.75. The van der Waals surface area contributed by atoms with Crippen LogP contribution in [0.2, 0.25) is 0 Å². The van der Waals surface area contributed by atoms with Gasteiger partial charge in [-0.1, -0.05) is 12.1 Å². The van der Waals surface area contributed by atoms with Gasteiger partial charge in [0.2, 0.25) is 5.91 Å². The number of likely N-dealkylation sites (tertiary alicyclic amines) is 1. The Balaban J connectivity index is 2.06. The molecule has 1 saturated heterocycles. The minimum Gasteiger partial charge on any atom is -0.497 e. The number of rotatable bonds is 3. The largest absolute Gasteiger partial charge is 0.497 e. The second-order valence-electron chi connectivity index (χ2n) is 4.09. The Kier molecular flexibility index (Phi) is 3.10. The van der Waals surface area contributed by atoms with Gasteiger partial charge < -0.3 is 15.4 Å². The van der Waals surface area contributed by atoms with Gasteiger partial charge in [0.25, 0.3) is 0 Å². The summed E-state index contributed by atoms with van der Waals surface area (Å²) in [5, 5.41) is 0. The number of ether oxygens (including phenoxy) is 1. The molecule has 0 saturated carbocycles. The summed E-state index contributed by atoms with van der Waals surface area (Å²) in [6, 6.07) is 7.73. The molecule has 1 amide bonds. The van der Waals surface area contributed by atoms with Crippen molar-refractivity contribution >= 4 is 5.91 Å². The van der Waals surface area contributed by atoms with Crippen LogP contribution in [0.15, 0.2) is 24.3 Å². The van der Waals surface area contributed by atoms with Crippen molar-refractivity contribution in [2.75, 3.05) is 13.7 Å². The summed E-state index contributed by atoms with van der Waals surface area (Å²) < 4.78 is 5.14. The van der Waals surface area contributed by atoms with Gasteiger partial charge in [-0.25, -0.2) is 0 Å². The van der Waals surface area contributed by atoms with Crippen LogP contribution in [0, 0.1) is 0 Å². The van der Waals surface area contributed by atoms with Crippen molar-refractivity contribution in [3.05, 3.63) is 29.8 Å².